The first-order valence-electron chi connectivity index (χ1n) is 16.8. The molecule has 3 amide bonds. The Kier molecular flexibility index (Phi) is 17.6. The van der Waals surface area contributed by atoms with Crippen molar-refractivity contribution < 1.29 is 32.3 Å². The lowest BCUT2D eigenvalue weighted by atomic mass is 10.0. The van der Waals surface area contributed by atoms with Crippen molar-refractivity contribution in [3.05, 3.63) is 119 Å². The molecule has 0 bridgehead atoms. The minimum absolute atomic E-state index is 0.0784. The van der Waals surface area contributed by atoms with E-state index in [2.05, 4.69) is 20.7 Å². The standard InChI is InChI=1S/C37H49N7O7S/c1-50-20-21-51-19-17-34(45)41-18-6-5-12-32(44-52(48,49)26-28-8-3-2-4-9-28)37(47)43-33(23-29-10-7-11-30(22-29)24-38)36(46)42-25-27-13-15-31(16-14-27)35(39)40/h2-5,7-16,22,32-33,44H,6,17-21,23-26,38H2,1H3,(H3,39,40)(H,41,45)(H,42,46)(H,43,47)/b12-5+/t32-,33+/m1/s1. The first-order valence-corrected chi connectivity index (χ1v) is 18.5. The van der Waals surface area contributed by atoms with Crippen LogP contribution in [0.4, 0.5) is 0 Å². The highest BCUT2D eigenvalue weighted by Gasteiger charge is 2.28. The van der Waals surface area contributed by atoms with Crippen LogP contribution in [-0.4, -0.2) is 77.5 Å². The van der Waals surface area contributed by atoms with E-state index in [1.165, 1.54) is 6.08 Å². The molecule has 0 fully saturated rings. The fourth-order valence-corrected chi connectivity index (χ4v) is 6.23. The molecule has 0 aliphatic rings. The molecule has 14 nitrogen and oxygen atoms in total. The Morgan fingerprint density at radius 3 is 2.27 bits per heavy atom. The number of methoxy groups -OCH3 is 1. The van der Waals surface area contributed by atoms with Gasteiger partial charge in [0, 0.05) is 45.1 Å². The van der Waals surface area contributed by atoms with Gasteiger partial charge in [0.25, 0.3) is 0 Å². The number of benzene rings is 3. The summed E-state index contributed by atoms with van der Waals surface area (Å²) < 4.78 is 39.2. The molecule has 0 aromatic heterocycles. The van der Waals surface area contributed by atoms with Crippen LogP contribution in [0.5, 0.6) is 0 Å². The van der Waals surface area contributed by atoms with E-state index in [0.717, 1.165) is 16.7 Å². The second-order valence-electron chi connectivity index (χ2n) is 11.9. The summed E-state index contributed by atoms with van der Waals surface area (Å²) in [6.45, 7) is 1.72. The second-order valence-corrected chi connectivity index (χ2v) is 13.6. The highest BCUT2D eigenvalue weighted by atomic mass is 32.2. The zero-order valence-corrected chi connectivity index (χ0v) is 30.1. The number of rotatable bonds is 23. The second kappa shape index (κ2) is 22.1. The molecular formula is C37H49N7O7S. The van der Waals surface area contributed by atoms with Crippen molar-refractivity contribution in [1.82, 2.24) is 20.7 Å². The van der Waals surface area contributed by atoms with E-state index in [1.54, 1.807) is 73.8 Å². The summed E-state index contributed by atoms with van der Waals surface area (Å²) in [7, 11) is -2.46. The van der Waals surface area contributed by atoms with Crippen molar-refractivity contribution in [3.8, 4) is 0 Å². The quantitative estimate of drug-likeness (QED) is 0.0323. The fraction of sp³-hybridized carbons (Fsp3) is 0.351. The Bertz CT molecular complexity index is 1740. The third-order valence-corrected chi connectivity index (χ3v) is 9.01. The number of nitrogens with two attached hydrogens (primary N) is 2. The maximum absolute atomic E-state index is 13.8. The summed E-state index contributed by atoms with van der Waals surface area (Å²) in [4.78, 5) is 39.6. The smallest absolute Gasteiger partial charge is 0.243 e. The highest BCUT2D eigenvalue weighted by molar-refractivity contribution is 7.88. The first kappa shape index (κ1) is 41.5. The van der Waals surface area contributed by atoms with Crippen LogP contribution in [0.15, 0.2) is 91.0 Å². The van der Waals surface area contributed by atoms with Crippen molar-refractivity contribution >= 4 is 33.6 Å². The van der Waals surface area contributed by atoms with Crippen molar-refractivity contribution in [2.45, 2.75) is 50.2 Å². The van der Waals surface area contributed by atoms with Crippen LogP contribution in [0.2, 0.25) is 0 Å². The fourth-order valence-electron chi connectivity index (χ4n) is 4.94. The number of nitrogen functional groups attached to an aromatic ring is 1. The Morgan fingerprint density at radius 2 is 1.58 bits per heavy atom. The summed E-state index contributed by atoms with van der Waals surface area (Å²) in [5, 5.41) is 15.9. The summed E-state index contributed by atoms with van der Waals surface area (Å²) in [6, 6.07) is 20.2. The molecular weight excluding hydrogens is 687 g/mol. The molecule has 52 heavy (non-hydrogen) atoms. The number of carbonyl (C=O) groups excluding carboxylic acids is 3. The topological polar surface area (TPSA) is 228 Å². The number of amides is 3. The average molecular weight is 736 g/mol. The summed E-state index contributed by atoms with van der Waals surface area (Å²) in [5.41, 5.74) is 14.8. The van der Waals surface area contributed by atoms with Gasteiger partial charge in [-0.1, -0.05) is 91.0 Å². The van der Waals surface area contributed by atoms with Gasteiger partial charge in [0.05, 0.1) is 25.6 Å². The van der Waals surface area contributed by atoms with Crippen LogP contribution >= 0.6 is 0 Å². The number of sulfonamides is 1. The Morgan fingerprint density at radius 1 is 0.865 bits per heavy atom. The van der Waals surface area contributed by atoms with Crippen LogP contribution in [-0.2, 0) is 59.1 Å². The number of ether oxygens (including phenoxy) is 2. The van der Waals surface area contributed by atoms with E-state index in [4.69, 9.17) is 26.4 Å². The lowest BCUT2D eigenvalue weighted by molar-refractivity contribution is -0.129. The van der Waals surface area contributed by atoms with Gasteiger partial charge in [-0.15, -0.1) is 0 Å². The molecule has 15 heteroatoms. The van der Waals surface area contributed by atoms with Crippen LogP contribution in [0.1, 0.15) is 40.7 Å². The van der Waals surface area contributed by atoms with E-state index in [9.17, 15) is 22.8 Å². The maximum atomic E-state index is 13.8. The Labute approximate surface area is 305 Å². The molecule has 0 aliphatic heterocycles. The maximum Gasteiger partial charge on any atom is 0.243 e. The summed E-state index contributed by atoms with van der Waals surface area (Å²) >= 11 is 0. The predicted octanol–water partition coefficient (Wildman–Crippen LogP) is 1.38. The molecule has 0 aliphatic carbocycles. The minimum Gasteiger partial charge on any atom is -0.384 e. The van der Waals surface area contributed by atoms with Gasteiger partial charge < -0.3 is 36.9 Å². The molecule has 280 valence electrons. The number of hydrogen-bond donors (Lipinski definition) is 7. The average Bonchev–Trinajstić information content (AvgIpc) is 3.13. The van der Waals surface area contributed by atoms with Gasteiger partial charge >= 0.3 is 0 Å². The third-order valence-electron chi connectivity index (χ3n) is 7.69. The molecule has 2 atom stereocenters. The molecule has 3 aromatic rings. The van der Waals surface area contributed by atoms with Gasteiger partial charge in [0.15, 0.2) is 0 Å². The lowest BCUT2D eigenvalue weighted by Gasteiger charge is -2.22. The number of nitrogens with one attached hydrogen (secondary N) is 5. The van der Waals surface area contributed by atoms with Crippen LogP contribution in [0.25, 0.3) is 0 Å². The molecule has 0 unspecified atom stereocenters. The van der Waals surface area contributed by atoms with E-state index in [-0.39, 0.29) is 56.6 Å². The number of carbonyl (C=O) groups is 3. The number of hydrogen-bond acceptors (Lipinski definition) is 9. The Hall–Kier alpha value is -4.93. The zero-order valence-electron chi connectivity index (χ0n) is 29.3. The van der Waals surface area contributed by atoms with Gasteiger partial charge in [0.1, 0.15) is 17.9 Å². The van der Waals surface area contributed by atoms with Crippen molar-refractivity contribution in [2.75, 3.05) is 33.5 Å². The van der Waals surface area contributed by atoms with Crippen molar-refractivity contribution in [2.24, 2.45) is 11.5 Å². The molecule has 3 rings (SSSR count). The zero-order chi connectivity index (χ0) is 37.8. The van der Waals surface area contributed by atoms with E-state index in [0.29, 0.717) is 30.8 Å². The van der Waals surface area contributed by atoms with Crippen molar-refractivity contribution in [3.63, 3.8) is 0 Å². The first-order chi connectivity index (χ1) is 25.0. The monoisotopic (exact) mass is 735 g/mol. The van der Waals surface area contributed by atoms with Gasteiger partial charge in [-0.05, 0) is 28.7 Å². The third kappa shape index (κ3) is 15.5. The Balaban J connectivity index is 1.76. The van der Waals surface area contributed by atoms with Crippen LogP contribution in [0, 0.1) is 5.41 Å². The van der Waals surface area contributed by atoms with Crippen LogP contribution < -0.4 is 32.1 Å². The molecule has 0 saturated carbocycles. The largest absolute Gasteiger partial charge is 0.384 e. The van der Waals surface area contributed by atoms with Crippen LogP contribution in [0.3, 0.4) is 0 Å². The van der Waals surface area contributed by atoms with Gasteiger partial charge in [-0.2, -0.15) is 4.72 Å². The summed E-state index contributed by atoms with van der Waals surface area (Å²) in [5.74, 6) is -1.90. The van der Waals surface area contributed by atoms with Crippen molar-refractivity contribution in [1.29, 1.82) is 5.41 Å². The van der Waals surface area contributed by atoms with Gasteiger partial charge in [-0.3, -0.25) is 19.8 Å². The molecule has 0 saturated heterocycles. The SMILES string of the molecule is COCCOCCC(=O)NCC/C=C/[C@@H](NS(=O)(=O)Cc1ccccc1)C(=O)N[C@@H](Cc1cccc(CN)c1)C(=O)NCc1ccc(C(=N)N)cc1. The molecule has 3 aromatic carbocycles. The lowest BCUT2D eigenvalue weighted by Crippen LogP contribution is -2.54. The molecule has 0 radical (unpaired) electrons. The number of amidine groups is 1. The van der Waals surface area contributed by atoms with E-state index >= 15 is 0 Å². The summed E-state index contributed by atoms with van der Waals surface area (Å²) in [6.07, 6.45) is 3.56. The van der Waals surface area contributed by atoms with Gasteiger partial charge in [-0.25, -0.2) is 8.42 Å². The molecule has 9 N–H and O–H groups in total. The predicted molar refractivity (Wildman–Crippen MR) is 199 cm³/mol. The molecule has 0 spiro atoms. The van der Waals surface area contributed by atoms with E-state index < -0.39 is 33.9 Å². The highest BCUT2D eigenvalue weighted by Crippen LogP contribution is 2.11. The normalized spacial score (nSPS) is 12.6. The van der Waals surface area contributed by atoms with Gasteiger partial charge in [0.2, 0.25) is 27.7 Å². The minimum atomic E-state index is -4.03. The van der Waals surface area contributed by atoms with E-state index in [1.807, 2.05) is 18.2 Å². The molecule has 0 heterocycles.